The van der Waals surface area contributed by atoms with E-state index in [1.54, 1.807) is 0 Å². The summed E-state index contributed by atoms with van der Waals surface area (Å²) in [6, 6.07) is 3.23. The van der Waals surface area contributed by atoms with E-state index in [0.717, 1.165) is 25.1 Å². The third-order valence-electron chi connectivity index (χ3n) is 2.76. The minimum Gasteiger partial charge on any atom is -0.369 e. The highest BCUT2D eigenvalue weighted by atomic mass is 19.1. The van der Waals surface area contributed by atoms with E-state index in [0.29, 0.717) is 11.7 Å². The Morgan fingerprint density at radius 1 is 1.24 bits per heavy atom. The maximum Gasteiger partial charge on any atom is 0.249 e. The van der Waals surface area contributed by atoms with Crippen LogP contribution in [0.1, 0.15) is 20.3 Å². The first-order chi connectivity index (χ1) is 10.0. The van der Waals surface area contributed by atoms with Gasteiger partial charge >= 0.3 is 0 Å². The molecule has 0 amide bonds. The Kier molecular flexibility index (Phi) is 4.97. The number of nitrogens with zero attached hydrogens (tertiary/aromatic N) is 3. The Hall–Kier alpha value is -2.31. The van der Waals surface area contributed by atoms with Crippen molar-refractivity contribution in [2.75, 3.05) is 17.2 Å². The molecule has 7 heteroatoms. The lowest BCUT2D eigenvalue weighted by Crippen LogP contribution is -2.08. The molecule has 0 aliphatic heterocycles. The molecule has 0 aliphatic carbocycles. The summed E-state index contributed by atoms with van der Waals surface area (Å²) in [5.74, 6) is -0.0677. The van der Waals surface area contributed by atoms with E-state index in [9.17, 15) is 8.78 Å². The third-order valence-corrected chi connectivity index (χ3v) is 2.76. The Morgan fingerprint density at radius 2 is 2.05 bits per heavy atom. The number of aromatic nitrogens is 3. The SMILES string of the molecule is CC(C)CCNc1cnnc(Nc2ccc(F)cc2F)n1. The van der Waals surface area contributed by atoms with E-state index in [1.807, 2.05) is 0 Å². The van der Waals surface area contributed by atoms with Crippen LogP contribution in [0, 0.1) is 17.6 Å². The number of nitrogens with one attached hydrogen (secondary N) is 2. The van der Waals surface area contributed by atoms with Gasteiger partial charge in [-0.1, -0.05) is 13.8 Å². The van der Waals surface area contributed by atoms with Gasteiger partial charge in [0.25, 0.3) is 0 Å². The molecular formula is C14H17F2N5. The Balaban J connectivity index is 2.03. The highest BCUT2D eigenvalue weighted by molar-refractivity contribution is 5.54. The quantitative estimate of drug-likeness (QED) is 0.855. The number of benzene rings is 1. The molecule has 0 saturated carbocycles. The van der Waals surface area contributed by atoms with Crippen LogP contribution in [-0.4, -0.2) is 21.7 Å². The van der Waals surface area contributed by atoms with Crippen molar-refractivity contribution in [3.63, 3.8) is 0 Å². The van der Waals surface area contributed by atoms with Crippen LogP contribution in [0.3, 0.4) is 0 Å². The van der Waals surface area contributed by atoms with Gasteiger partial charge < -0.3 is 10.6 Å². The third kappa shape index (κ3) is 4.62. The zero-order valence-electron chi connectivity index (χ0n) is 11.9. The van der Waals surface area contributed by atoms with Crippen molar-refractivity contribution >= 4 is 17.5 Å². The van der Waals surface area contributed by atoms with E-state index < -0.39 is 11.6 Å². The number of hydrogen-bond donors (Lipinski definition) is 2. The lowest BCUT2D eigenvalue weighted by atomic mass is 10.1. The average Bonchev–Trinajstić information content (AvgIpc) is 2.42. The van der Waals surface area contributed by atoms with Crippen LogP contribution in [0.4, 0.5) is 26.2 Å². The predicted molar refractivity (Wildman–Crippen MR) is 77.4 cm³/mol. The van der Waals surface area contributed by atoms with E-state index in [2.05, 4.69) is 39.7 Å². The van der Waals surface area contributed by atoms with Crippen LogP contribution in [-0.2, 0) is 0 Å². The summed E-state index contributed by atoms with van der Waals surface area (Å²) in [7, 11) is 0. The summed E-state index contributed by atoms with van der Waals surface area (Å²) in [6.45, 7) is 5.02. The summed E-state index contributed by atoms with van der Waals surface area (Å²) in [5.41, 5.74) is 0.0949. The molecule has 2 rings (SSSR count). The first-order valence-electron chi connectivity index (χ1n) is 6.70. The fourth-order valence-corrected chi connectivity index (χ4v) is 1.64. The molecule has 0 aliphatic rings. The molecule has 1 heterocycles. The highest BCUT2D eigenvalue weighted by Crippen LogP contribution is 2.18. The zero-order chi connectivity index (χ0) is 15.2. The van der Waals surface area contributed by atoms with Crippen LogP contribution < -0.4 is 10.6 Å². The van der Waals surface area contributed by atoms with Gasteiger partial charge in [0.1, 0.15) is 11.6 Å². The molecular weight excluding hydrogens is 276 g/mol. The van der Waals surface area contributed by atoms with E-state index in [4.69, 9.17) is 0 Å². The second kappa shape index (κ2) is 6.92. The van der Waals surface area contributed by atoms with Crippen molar-refractivity contribution in [3.05, 3.63) is 36.0 Å². The minimum absolute atomic E-state index is 0.0949. The lowest BCUT2D eigenvalue weighted by Gasteiger charge is -2.09. The predicted octanol–water partition coefficient (Wildman–Crippen LogP) is 3.35. The largest absolute Gasteiger partial charge is 0.369 e. The first kappa shape index (κ1) is 15.1. The molecule has 0 unspecified atom stereocenters. The fourth-order valence-electron chi connectivity index (χ4n) is 1.64. The van der Waals surface area contributed by atoms with Gasteiger partial charge in [0, 0.05) is 12.6 Å². The highest BCUT2D eigenvalue weighted by Gasteiger charge is 2.07. The molecule has 2 N–H and O–H groups in total. The van der Waals surface area contributed by atoms with Gasteiger partial charge in [-0.3, -0.25) is 0 Å². The van der Waals surface area contributed by atoms with Crippen molar-refractivity contribution < 1.29 is 8.78 Å². The van der Waals surface area contributed by atoms with Crippen LogP contribution in [0.25, 0.3) is 0 Å². The van der Waals surface area contributed by atoms with E-state index in [-0.39, 0.29) is 11.6 Å². The molecule has 2 aromatic rings. The molecule has 0 atom stereocenters. The van der Waals surface area contributed by atoms with Gasteiger partial charge in [-0.05, 0) is 24.5 Å². The second-order valence-corrected chi connectivity index (χ2v) is 5.02. The van der Waals surface area contributed by atoms with Crippen molar-refractivity contribution in [2.24, 2.45) is 5.92 Å². The number of anilines is 3. The molecule has 0 spiro atoms. The number of halogens is 2. The summed E-state index contributed by atoms with van der Waals surface area (Å²) in [6.07, 6.45) is 2.49. The Morgan fingerprint density at radius 3 is 2.76 bits per heavy atom. The standard InChI is InChI=1S/C14H17F2N5/c1-9(2)5-6-17-13-8-18-21-14(20-13)19-12-4-3-10(15)7-11(12)16/h3-4,7-9H,5-6H2,1-2H3,(H2,17,19,20,21). The second-order valence-electron chi connectivity index (χ2n) is 5.02. The van der Waals surface area contributed by atoms with E-state index in [1.165, 1.54) is 12.3 Å². The maximum atomic E-state index is 13.5. The molecule has 0 saturated heterocycles. The monoisotopic (exact) mass is 293 g/mol. The van der Waals surface area contributed by atoms with Gasteiger partial charge in [-0.15, -0.1) is 5.10 Å². The molecule has 112 valence electrons. The van der Waals surface area contributed by atoms with Crippen LogP contribution in [0.15, 0.2) is 24.4 Å². The summed E-state index contributed by atoms with van der Waals surface area (Å²) >= 11 is 0. The zero-order valence-corrected chi connectivity index (χ0v) is 11.9. The molecule has 1 aromatic carbocycles. The average molecular weight is 293 g/mol. The van der Waals surface area contributed by atoms with Gasteiger partial charge in [0.05, 0.1) is 11.9 Å². The smallest absolute Gasteiger partial charge is 0.249 e. The van der Waals surface area contributed by atoms with Crippen LogP contribution in [0.5, 0.6) is 0 Å². The number of rotatable bonds is 6. The van der Waals surface area contributed by atoms with Crippen molar-refractivity contribution in [1.82, 2.24) is 15.2 Å². The lowest BCUT2D eigenvalue weighted by molar-refractivity contribution is 0.586. The normalized spacial score (nSPS) is 10.7. The fraction of sp³-hybridized carbons (Fsp3) is 0.357. The Bertz CT molecular complexity index is 604. The van der Waals surface area contributed by atoms with E-state index >= 15 is 0 Å². The molecule has 0 bridgehead atoms. The van der Waals surface area contributed by atoms with Gasteiger partial charge in [0.2, 0.25) is 5.95 Å². The van der Waals surface area contributed by atoms with Crippen LogP contribution >= 0.6 is 0 Å². The minimum atomic E-state index is -0.711. The molecule has 5 nitrogen and oxygen atoms in total. The van der Waals surface area contributed by atoms with Gasteiger partial charge in [0.15, 0.2) is 5.82 Å². The van der Waals surface area contributed by atoms with Crippen LogP contribution in [0.2, 0.25) is 0 Å². The molecule has 21 heavy (non-hydrogen) atoms. The van der Waals surface area contributed by atoms with Crippen molar-refractivity contribution in [2.45, 2.75) is 20.3 Å². The molecule has 0 fully saturated rings. The van der Waals surface area contributed by atoms with Crippen molar-refractivity contribution in [3.8, 4) is 0 Å². The maximum absolute atomic E-state index is 13.5. The first-order valence-corrected chi connectivity index (χ1v) is 6.70. The van der Waals surface area contributed by atoms with Gasteiger partial charge in [-0.2, -0.15) is 10.1 Å². The summed E-state index contributed by atoms with van der Waals surface area (Å²) in [5, 5.41) is 13.4. The summed E-state index contributed by atoms with van der Waals surface area (Å²) < 4.78 is 26.4. The van der Waals surface area contributed by atoms with Crippen molar-refractivity contribution in [1.29, 1.82) is 0 Å². The number of hydrogen-bond acceptors (Lipinski definition) is 5. The van der Waals surface area contributed by atoms with Gasteiger partial charge in [-0.25, -0.2) is 8.78 Å². The topological polar surface area (TPSA) is 62.7 Å². The Labute approximate surface area is 121 Å². The molecule has 1 aromatic heterocycles. The summed E-state index contributed by atoms with van der Waals surface area (Å²) in [4.78, 5) is 4.17. The molecule has 0 radical (unpaired) electrons.